The average molecular weight is 207 g/mol. The maximum absolute atomic E-state index is 5.62. The minimum Gasteiger partial charge on any atom is -0.367 e. The summed E-state index contributed by atoms with van der Waals surface area (Å²) in [5.74, 6) is 0. The molecule has 0 saturated carbocycles. The van der Waals surface area contributed by atoms with Gasteiger partial charge < -0.3 is 4.74 Å². The van der Waals surface area contributed by atoms with Crippen LogP contribution in [-0.2, 0) is 4.74 Å². The number of allylic oxidation sites excluding steroid dienone is 2. The van der Waals surface area contributed by atoms with Gasteiger partial charge in [0.2, 0.25) is 0 Å². The number of hydrogen-bond donors (Lipinski definition) is 0. The van der Waals surface area contributed by atoms with Gasteiger partial charge in [-0.05, 0) is 58.9 Å². The summed E-state index contributed by atoms with van der Waals surface area (Å²) in [6, 6.07) is 0. The van der Waals surface area contributed by atoms with Gasteiger partial charge in [-0.15, -0.1) is 0 Å². The zero-order chi connectivity index (χ0) is 11.5. The van der Waals surface area contributed by atoms with Crippen molar-refractivity contribution in [2.24, 2.45) is 4.99 Å². The smallest absolute Gasteiger partial charge is 0.102 e. The van der Waals surface area contributed by atoms with E-state index in [2.05, 4.69) is 44.8 Å². The van der Waals surface area contributed by atoms with Crippen LogP contribution in [0.1, 0.15) is 34.6 Å². The lowest BCUT2D eigenvalue weighted by atomic mass is 9.98. The van der Waals surface area contributed by atoms with Gasteiger partial charge in [-0.1, -0.05) is 0 Å². The van der Waals surface area contributed by atoms with Crippen LogP contribution < -0.4 is 0 Å². The molecule has 2 nitrogen and oxygen atoms in total. The molecule has 0 atom stereocenters. The van der Waals surface area contributed by atoms with Gasteiger partial charge in [-0.3, -0.25) is 4.99 Å². The van der Waals surface area contributed by atoms with Crippen LogP contribution >= 0.6 is 0 Å². The fourth-order valence-corrected chi connectivity index (χ4v) is 1.48. The fraction of sp³-hybridized carbons (Fsp3) is 0.615. The quantitative estimate of drug-likeness (QED) is 0.681. The first kappa shape index (κ1) is 12.2. The molecule has 15 heavy (non-hydrogen) atoms. The van der Waals surface area contributed by atoms with E-state index in [1.807, 2.05) is 19.1 Å². The van der Waals surface area contributed by atoms with Crippen molar-refractivity contribution in [3.63, 3.8) is 0 Å². The molecule has 0 radical (unpaired) electrons. The van der Waals surface area contributed by atoms with Crippen molar-refractivity contribution in [1.82, 2.24) is 0 Å². The first-order valence-corrected chi connectivity index (χ1v) is 5.47. The third-order valence-electron chi connectivity index (χ3n) is 2.09. The molecule has 0 amide bonds. The normalized spacial score (nSPS) is 25.8. The molecule has 0 aromatic heterocycles. The molecular weight excluding hydrogens is 186 g/mol. The van der Waals surface area contributed by atoms with Gasteiger partial charge in [-0.2, -0.15) is 0 Å². The van der Waals surface area contributed by atoms with Crippen molar-refractivity contribution >= 4 is 5.71 Å². The van der Waals surface area contributed by atoms with E-state index in [4.69, 9.17) is 4.74 Å². The van der Waals surface area contributed by atoms with Crippen LogP contribution in [0.5, 0.6) is 0 Å². The molecule has 0 bridgehead atoms. The van der Waals surface area contributed by atoms with E-state index in [0.717, 1.165) is 12.3 Å². The van der Waals surface area contributed by atoms with Gasteiger partial charge in [0.15, 0.2) is 0 Å². The standard InChI is InChI=1S/C13H21NO/c1-6-15-13(5)9-7-11(8-10-13)14-12(2,3)4/h7-10H,6H2,1-5H3. The largest absolute Gasteiger partial charge is 0.367 e. The lowest BCUT2D eigenvalue weighted by Crippen LogP contribution is -2.26. The summed E-state index contributed by atoms with van der Waals surface area (Å²) in [5.41, 5.74) is 0.731. The maximum Gasteiger partial charge on any atom is 0.102 e. The van der Waals surface area contributed by atoms with Crippen molar-refractivity contribution in [3.8, 4) is 0 Å². The van der Waals surface area contributed by atoms with Gasteiger partial charge in [-0.25, -0.2) is 0 Å². The van der Waals surface area contributed by atoms with E-state index in [-0.39, 0.29) is 11.1 Å². The van der Waals surface area contributed by atoms with E-state index >= 15 is 0 Å². The Morgan fingerprint density at radius 1 is 1.27 bits per heavy atom. The first-order valence-electron chi connectivity index (χ1n) is 5.47. The van der Waals surface area contributed by atoms with Crippen molar-refractivity contribution < 1.29 is 4.74 Å². The summed E-state index contributed by atoms with van der Waals surface area (Å²) in [6.45, 7) is 11.1. The average Bonchev–Trinajstić information content (AvgIpc) is 2.08. The predicted octanol–water partition coefficient (Wildman–Crippen LogP) is 3.15. The molecule has 0 aromatic rings. The Kier molecular flexibility index (Phi) is 3.50. The molecule has 0 heterocycles. The lowest BCUT2D eigenvalue weighted by Gasteiger charge is -2.25. The Morgan fingerprint density at radius 3 is 2.20 bits per heavy atom. The van der Waals surface area contributed by atoms with Crippen LogP contribution in [0.25, 0.3) is 0 Å². The molecule has 1 rings (SSSR count). The maximum atomic E-state index is 5.62. The molecule has 1 aliphatic carbocycles. The third kappa shape index (κ3) is 4.00. The molecule has 0 saturated heterocycles. The Morgan fingerprint density at radius 2 is 1.80 bits per heavy atom. The summed E-state index contributed by atoms with van der Waals surface area (Å²) < 4.78 is 5.62. The topological polar surface area (TPSA) is 21.6 Å². The van der Waals surface area contributed by atoms with Gasteiger partial charge in [0.1, 0.15) is 5.60 Å². The van der Waals surface area contributed by atoms with Gasteiger partial charge in [0, 0.05) is 6.61 Å². The fourth-order valence-electron chi connectivity index (χ4n) is 1.48. The SMILES string of the molecule is CCOC1(C)C=CC(=NC(C)(C)C)C=C1. The molecule has 1 aliphatic rings. The summed E-state index contributed by atoms with van der Waals surface area (Å²) in [4.78, 5) is 4.58. The van der Waals surface area contributed by atoms with Gasteiger partial charge in [0.25, 0.3) is 0 Å². The number of aliphatic imine (C=N–C) groups is 1. The molecule has 84 valence electrons. The molecule has 2 heteroatoms. The minimum atomic E-state index is -0.258. The second kappa shape index (κ2) is 4.31. The van der Waals surface area contributed by atoms with E-state index in [1.54, 1.807) is 0 Å². The molecular formula is C13H21NO. The highest BCUT2D eigenvalue weighted by molar-refractivity contribution is 6.05. The zero-order valence-electron chi connectivity index (χ0n) is 10.4. The third-order valence-corrected chi connectivity index (χ3v) is 2.09. The monoisotopic (exact) mass is 207 g/mol. The predicted molar refractivity (Wildman–Crippen MR) is 65.5 cm³/mol. The molecule has 0 fully saturated rings. The van der Waals surface area contributed by atoms with E-state index in [1.165, 1.54) is 0 Å². The van der Waals surface area contributed by atoms with Crippen LogP contribution in [-0.4, -0.2) is 23.5 Å². The van der Waals surface area contributed by atoms with Crippen LogP contribution in [0.2, 0.25) is 0 Å². The highest BCUT2D eigenvalue weighted by atomic mass is 16.5. The molecule has 0 unspecified atom stereocenters. The van der Waals surface area contributed by atoms with Crippen molar-refractivity contribution in [2.75, 3.05) is 6.61 Å². The van der Waals surface area contributed by atoms with Crippen LogP contribution in [0.15, 0.2) is 29.3 Å². The van der Waals surface area contributed by atoms with Crippen molar-refractivity contribution in [2.45, 2.75) is 45.8 Å². The summed E-state index contributed by atoms with van der Waals surface area (Å²) in [7, 11) is 0. The number of nitrogens with zero attached hydrogens (tertiary/aromatic N) is 1. The van der Waals surface area contributed by atoms with Crippen LogP contribution in [0.4, 0.5) is 0 Å². The van der Waals surface area contributed by atoms with Crippen LogP contribution in [0.3, 0.4) is 0 Å². The molecule has 0 spiro atoms. The van der Waals surface area contributed by atoms with Crippen molar-refractivity contribution in [1.29, 1.82) is 0 Å². The summed E-state index contributed by atoms with van der Waals surface area (Å²) in [5, 5.41) is 0. The van der Waals surface area contributed by atoms with Crippen molar-refractivity contribution in [3.05, 3.63) is 24.3 Å². The first-order chi connectivity index (χ1) is 6.85. The van der Waals surface area contributed by atoms with E-state index in [9.17, 15) is 0 Å². The molecule has 0 N–H and O–H groups in total. The lowest BCUT2D eigenvalue weighted by molar-refractivity contribution is 0.0507. The summed E-state index contributed by atoms with van der Waals surface area (Å²) in [6.07, 6.45) is 8.17. The molecule has 0 aliphatic heterocycles. The number of ether oxygens (including phenoxy) is 1. The number of hydrogen-bond acceptors (Lipinski definition) is 2. The van der Waals surface area contributed by atoms with Gasteiger partial charge >= 0.3 is 0 Å². The highest BCUT2D eigenvalue weighted by Crippen LogP contribution is 2.19. The Hall–Kier alpha value is -0.890. The molecule has 0 aromatic carbocycles. The van der Waals surface area contributed by atoms with E-state index < -0.39 is 0 Å². The number of rotatable bonds is 2. The zero-order valence-corrected chi connectivity index (χ0v) is 10.4. The minimum absolute atomic E-state index is 0.0244. The Bertz CT molecular complexity index is 289. The van der Waals surface area contributed by atoms with Gasteiger partial charge in [0.05, 0.1) is 11.3 Å². The Labute approximate surface area is 92.7 Å². The van der Waals surface area contributed by atoms with E-state index in [0.29, 0.717) is 0 Å². The van der Waals surface area contributed by atoms with Crippen LogP contribution in [0, 0.1) is 0 Å². The highest BCUT2D eigenvalue weighted by Gasteiger charge is 2.20. The second-order valence-corrected chi connectivity index (χ2v) is 4.99. The Balaban J connectivity index is 2.76. The second-order valence-electron chi connectivity index (χ2n) is 4.99. The summed E-state index contributed by atoms with van der Waals surface area (Å²) >= 11 is 0.